The van der Waals surface area contributed by atoms with Crippen LogP contribution < -0.4 is 4.74 Å². The summed E-state index contributed by atoms with van der Waals surface area (Å²) in [4.78, 5) is 28.9. The fraction of sp³-hybridized carbons (Fsp3) is 0.522. The second kappa shape index (κ2) is 9.78. The van der Waals surface area contributed by atoms with Gasteiger partial charge in [-0.1, -0.05) is 25.1 Å². The average Bonchev–Trinajstić information content (AvgIpc) is 3.07. The molecule has 0 atom stereocenters. The molecule has 2 aromatic rings. The van der Waals surface area contributed by atoms with Crippen LogP contribution in [0.3, 0.4) is 0 Å². The van der Waals surface area contributed by atoms with Gasteiger partial charge in [0, 0.05) is 38.2 Å². The molecule has 0 saturated carbocycles. The highest BCUT2D eigenvalue weighted by molar-refractivity contribution is 5.94. The SMILES string of the molecule is Cc1noc(C)c1COc1cccc(C(=O)N2CCN(C(=O)CCC(C)C)CC2)c1. The lowest BCUT2D eigenvalue weighted by atomic mass is 10.1. The molecule has 7 heteroatoms. The first-order valence-electron chi connectivity index (χ1n) is 10.6. The average molecular weight is 414 g/mol. The number of piperazine rings is 1. The van der Waals surface area contributed by atoms with Gasteiger partial charge in [0.15, 0.2) is 0 Å². The zero-order chi connectivity index (χ0) is 21.7. The Hall–Kier alpha value is -2.83. The fourth-order valence-electron chi connectivity index (χ4n) is 3.49. The molecule has 1 aliphatic rings. The van der Waals surface area contributed by atoms with Crippen molar-refractivity contribution in [2.75, 3.05) is 26.2 Å². The summed E-state index contributed by atoms with van der Waals surface area (Å²) in [6, 6.07) is 7.22. The molecule has 2 heterocycles. The maximum atomic E-state index is 12.9. The van der Waals surface area contributed by atoms with Crippen molar-refractivity contribution in [2.45, 2.75) is 47.1 Å². The zero-order valence-corrected chi connectivity index (χ0v) is 18.3. The van der Waals surface area contributed by atoms with E-state index < -0.39 is 0 Å². The molecule has 2 amide bonds. The Balaban J connectivity index is 1.55. The van der Waals surface area contributed by atoms with Gasteiger partial charge in [-0.25, -0.2) is 0 Å². The zero-order valence-electron chi connectivity index (χ0n) is 18.3. The lowest BCUT2D eigenvalue weighted by molar-refractivity contribution is -0.132. The van der Waals surface area contributed by atoms with Gasteiger partial charge in [0.1, 0.15) is 18.1 Å². The summed E-state index contributed by atoms with van der Waals surface area (Å²) >= 11 is 0. The molecule has 0 spiro atoms. The molecular formula is C23H31N3O4. The molecule has 0 unspecified atom stereocenters. The lowest BCUT2D eigenvalue weighted by Gasteiger charge is -2.35. The predicted octanol–water partition coefficient (Wildman–Crippen LogP) is 3.59. The van der Waals surface area contributed by atoms with E-state index >= 15 is 0 Å². The Morgan fingerprint density at radius 2 is 1.83 bits per heavy atom. The molecule has 0 N–H and O–H groups in total. The van der Waals surface area contributed by atoms with Gasteiger partial charge < -0.3 is 19.1 Å². The van der Waals surface area contributed by atoms with Crippen molar-refractivity contribution < 1.29 is 18.8 Å². The van der Waals surface area contributed by atoms with Crippen molar-refractivity contribution in [3.8, 4) is 5.75 Å². The van der Waals surface area contributed by atoms with E-state index in [2.05, 4.69) is 19.0 Å². The van der Waals surface area contributed by atoms with E-state index in [0.717, 1.165) is 23.4 Å². The third kappa shape index (κ3) is 5.40. The van der Waals surface area contributed by atoms with Crippen molar-refractivity contribution in [2.24, 2.45) is 5.92 Å². The van der Waals surface area contributed by atoms with Crippen LogP contribution in [0.15, 0.2) is 28.8 Å². The number of nitrogens with zero attached hydrogens (tertiary/aromatic N) is 3. The van der Waals surface area contributed by atoms with Gasteiger partial charge in [-0.15, -0.1) is 0 Å². The van der Waals surface area contributed by atoms with Crippen LogP contribution in [0.1, 0.15) is 54.1 Å². The van der Waals surface area contributed by atoms with Crippen LogP contribution in [-0.2, 0) is 11.4 Å². The van der Waals surface area contributed by atoms with Gasteiger partial charge in [0.25, 0.3) is 5.91 Å². The highest BCUT2D eigenvalue weighted by Crippen LogP contribution is 2.20. The Bertz CT molecular complexity index is 863. The molecule has 162 valence electrons. The van der Waals surface area contributed by atoms with E-state index in [1.165, 1.54) is 0 Å². The molecule has 7 nitrogen and oxygen atoms in total. The number of carbonyl (C=O) groups excluding carboxylic acids is 2. The van der Waals surface area contributed by atoms with Crippen LogP contribution >= 0.6 is 0 Å². The maximum absolute atomic E-state index is 12.9. The van der Waals surface area contributed by atoms with E-state index in [-0.39, 0.29) is 11.8 Å². The highest BCUT2D eigenvalue weighted by atomic mass is 16.5. The molecule has 0 bridgehead atoms. The number of amides is 2. The van der Waals surface area contributed by atoms with Crippen molar-refractivity contribution in [1.29, 1.82) is 0 Å². The molecule has 1 aromatic carbocycles. The molecule has 3 rings (SSSR count). The largest absolute Gasteiger partial charge is 0.489 e. The minimum Gasteiger partial charge on any atom is -0.489 e. The number of ether oxygens (including phenoxy) is 1. The van der Waals surface area contributed by atoms with Crippen LogP contribution in [0.5, 0.6) is 5.75 Å². The first-order valence-corrected chi connectivity index (χ1v) is 10.6. The van der Waals surface area contributed by atoms with Gasteiger partial charge in [-0.05, 0) is 44.4 Å². The van der Waals surface area contributed by atoms with Crippen molar-refractivity contribution in [3.63, 3.8) is 0 Å². The smallest absolute Gasteiger partial charge is 0.254 e. The quantitative estimate of drug-likeness (QED) is 0.693. The van der Waals surface area contributed by atoms with Gasteiger partial charge >= 0.3 is 0 Å². The van der Waals surface area contributed by atoms with Gasteiger partial charge in [0.2, 0.25) is 5.91 Å². The number of hydrogen-bond donors (Lipinski definition) is 0. The monoisotopic (exact) mass is 413 g/mol. The third-order valence-corrected chi connectivity index (χ3v) is 5.50. The molecular weight excluding hydrogens is 382 g/mol. The first kappa shape index (κ1) is 21.9. The van der Waals surface area contributed by atoms with Crippen LogP contribution in [0.25, 0.3) is 0 Å². The Morgan fingerprint density at radius 3 is 2.47 bits per heavy atom. The summed E-state index contributed by atoms with van der Waals surface area (Å²) in [6.45, 7) is 10.6. The van der Waals surface area contributed by atoms with E-state index in [4.69, 9.17) is 9.26 Å². The highest BCUT2D eigenvalue weighted by Gasteiger charge is 2.25. The van der Waals surface area contributed by atoms with Crippen LogP contribution in [0, 0.1) is 19.8 Å². The summed E-state index contributed by atoms with van der Waals surface area (Å²) in [5.74, 6) is 2.03. The van der Waals surface area contributed by atoms with Crippen LogP contribution in [0.2, 0.25) is 0 Å². The van der Waals surface area contributed by atoms with E-state index in [0.29, 0.717) is 56.4 Å². The minimum atomic E-state index is -0.0351. The Morgan fingerprint density at radius 1 is 1.13 bits per heavy atom. The molecule has 1 aromatic heterocycles. The second-order valence-electron chi connectivity index (χ2n) is 8.22. The van der Waals surface area contributed by atoms with Crippen molar-refractivity contribution in [3.05, 3.63) is 46.8 Å². The summed E-state index contributed by atoms with van der Waals surface area (Å²) in [5, 5.41) is 3.93. The van der Waals surface area contributed by atoms with Gasteiger partial charge in [-0.2, -0.15) is 0 Å². The Kier molecular flexibility index (Phi) is 7.13. The molecule has 0 radical (unpaired) electrons. The number of hydrogen-bond acceptors (Lipinski definition) is 5. The summed E-state index contributed by atoms with van der Waals surface area (Å²) in [5.41, 5.74) is 2.32. The Labute approximate surface area is 178 Å². The number of aryl methyl sites for hydroxylation is 2. The van der Waals surface area contributed by atoms with Crippen LogP contribution in [0.4, 0.5) is 0 Å². The number of rotatable bonds is 7. The molecule has 1 fully saturated rings. The standard InChI is InChI=1S/C23H31N3O4/c1-16(2)8-9-22(27)25-10-12-26(13-11-25)23(28)19-6-5-7-20(14-19)29-15-21-17(3)24-30-18(21)4/h5-7,14,16H,8-13,15H2,1-4H3. The summed E-state index contributed by atoms with van der Waals surface area (Å²) in [6.07, 6.45) is 1.48. The molecule has 1 aliphatic heterocycles. The van der Waals surface area contributed by atoms with Crippen molar-refractivity contribution in [1.82, 2.24) is 15.0 Å². The number of benzene rings is 1. The molecule has 30 heavy (non-hydrogen) atoms. The van der Waals surface area contributed by atoms with E-state index in [1.54, 1.807) is 17.0 Å². The number of carbonyl (C=O) groups is 2. The van der Waals surface area contributed by atoms with Crippen molar-refractivity contribution >= 4 is 11.8 Å². The first-order chi connectivity index (χ1) is 14.3. The molecule has 1 saturated heterocycles. The topological polar surface area (TPSA) is 75.9 Å². The summed E-state index contributed by atoms with van der Waals surface area (Å²) in [7, 11) is 0. The minimum absolute atomic E-state index is 0.0351. The van der Waals surface area contributed by atoms with Gasteiger partial charge in [0.05, 0.1) is 11.3 Å². The molecule has 0 aliphatic carbocycles. The lowest BCUT2D eigenvalue weighted by Crippen LogP contribution is -2.50. The van der Waals surface area contributed by atoms with Crippen LogP contribution in [-0.4, -0.2) is 52.9 Å². The summed E-state index contributed by atoms with van der Waals surface area (Å²) < 4.78 is 11.0. The van der Waals surface area contributed by atoms with E-state index in [9.17, 15) is 9.59 Å². The van der Waals surface area contributed by atoms with Gasteiger partial charge in [-0.3, -0.25) is 9.59 Å². The maximum Gasteiger partial charge on any atom is 0.254 e. The second-order valence-corrected chi connectivity index (χ2v) is 8.22. The normalized spacial score (nSPS) is 14.3. The predicted molar refractivity (Wildman–Crippen MR) is 113 cm³/mol. The third-order valence-electron chi connectivity index (χ3n) is 5.50. The number of aromatic nitrogens is 1. The van der Waals surface area contributed by atoms with E-state index in [1.807, 2.05) is 30.9 Å². The fourth-order valence-corrected chi connectivity index (χ4v) is 3.49.